The molecule has 1 aromatic heterocycles. The molecule has 2 N–H and O–H groups in total. The molecule has 2 rings (SSSR count). The van der Waals surface area contributed by atoms with Gasteiger partial charge in [-0.15, -0.1) is 0 Å². The Morgan fingerprint density at radius 2 is 2.44 bits per heavy atom. The second-order valence-electron chi connectivity index (χ2n) is 4.02. The monoisotopic (exact) mass is 222 g/mol. The minimum Gasteiger partial charge on any atom is -0.481 e. The molecule has 1 aromatic rings. The van der Waals surface area contributed by atoms with Crippen LogP contribution in [0.3, 0.4) is 0 Å². The molecule has 0 aliphatic carbocycles. The summed E-state index contributed by atoms with van der Waals surface area (Å²) >= 11 is 0. The van der Waals surface area contributed by atoms with Crippen molar-refractivity contribution in [3.63, 3.8) is 0 Å². The van der Waals surface area contributed by atoms with Crippen molar-refractivity contribution in [3.05, 3.63) is 11.9 Å². The Morgan fingerprint density at radius 1 is 1.56 bits per heavy atom. The van der Waals surface area contributed by atoms with Gasteiger partial charge in [0.25, 0.3) is 0 Å². The van der Waals surface area contributed by atoms with E-state index in [4.69, 9.17) is 4.74 Å². The summed E-state index contributed by atoms with van der Waals surface area (Å²) in [6.07, 6.45) is 2.49. The molecule has 0 radical (unpaired) electrons. The molecule has 1 saturated heterocycles. The highest BCUT2D eigenvalue weighted by atomic mass is 16.5. The van der Waals surface area contributed by atoms with E-state index in [1.165, 1.54) is 12.8 Å². The van der Waals surface area contributed by atoms with Crippen LogP contribution in [0, 0.1) is 6.92 Å². The Kier molecular flexibility index (Phi) is 3.56. The highest BCUT2D eigenvalue weighted by Crippen LogP contribution is 2.13. The molecule has 1 aliphatic rings. The van der Waals surface area contributed by atoms with Crippen LogP contribution in [0.1, 0.15) is 18.7 Å². The summed E-state index contributed by atoms with van der Waals surface area (Å²) < 4.78 is 5.10. The van der Waals surface area contributed by atoms with E-state index in [2.05, 4.69) is 20.6 Å². The number of methoxy groups -OCH3 is 1. The van der Waals surface area contributed by atoms with Gasteiger partial charge >= 0.3 is 0 Å². The van der Waals surface area contributed by atoms with Gasteiger partial charge in [-0.05, 0) is 26.3 Å². The van der Waals surface area contributed by atoms with Crippen LogP contribution in [0.2, 0.25) is 0 Å². The van der Waals surface area contributed by atoms with Crippen LogP contribution in [0.4, 0.5) is 5.82 Å². The van der Waals surface area contributed by atoms with Crippen molar-refractivity contribution in [2.45, 2.75) is 25.8 Å². The lowest BCUT2D eigenvalue weighted by atomic mass is 10.2. The van der Waals surface area contributed by atoms with E-state index in [0.717, 1.165) is 24.7 Å². The largest absolute Gasteiger partial charge is 0.481 e. The molecule has 2 heterocycles. The van der Waals surface area contributed by atoms with Crippen LogP contribution in [0.5, 0.6) is 5.88 Å². The Balaban J connectivity index is 1.94. The van der Waals surface area contributed by atoms with Gasteiger partial charge in [0.15, 0.2) is 0 Å². The van der Waals surface area contributed by atoms with Gasteiger partial charge in [-0.3, -0.25) is 0 Å². The van der Waals surface area contributed by atoms with E-state index < -0.39 is 0 Å². The molecule has 1 unspecified atom stereocenters. The summed E-state index contributed by atoms with van der Waals surface area (Å²) in [5.74, 6) is 2.16. The van der Waals surface area contributed by atoms with E-state index in [0.29, 0.717) is 11.9 Å². The van der Waals surface area contributed by atoms with E-state index in [9.17, 15) is 0 Å². The highest BCUT2D eigenvalue weighted by Gasteiger charge is 2.13. The fraction of sp³-hybridized carbons (Fsp3) is 0.636. The van der Waals surface area contributed by atoms with Crippen LogP contribution in [-0.2, 0) is 0 Å². The molecule has 88 valence electrons. The van der Waals surface area contributed by atoms with Crippen LogP contribution in [0.15, 0.2) is 6.07 Å². The predicted molar refractivity (Wildman–Crippen MR) is 62.8 cm³/mol. The van der Waals surface area contributed by atoms with E-state index in [-0.39, 0.29) is 0 Å². The molecular weight excluding hydrogens is 204 g/mol. The molecule has 0 bridgehead atoms. The summed E-state index contributed by atoms with van der Waals surface area (Å²) in [5.41, 5.74) is 0. The molecule has 5 heteroatoms. The molecule has 0 amide bonds. The van der Waals surface area contributed by atoms with Gasteiger partial charge in [-0.2, -0.15) is 4.98 Å². The molecule has 1 fully saturated rings. The van der Waals surface area contributed by atoms with Gasteiger partial charge < -0.3 is 15.4 Å². The van der Waals surface area contributed by atoms with Gasteiger partial charge in [-0.25, -0.2) is 4.98 Å². The molecule has 1 aliphatic heterocycles. The summed E-state index contributed by atoms with van der Waals surface area (Å²) in [7, 11) is 1.62. The number of ether oxygens (including phenoxy) is 1. The topological polar surface area (TPSA) is 59.1 Å². The maximum atomic E-state index is 5.10. The number of nitrogens with one attached hydrogen (secondary N) is 2. The van der Waals surface area contributed by atoms with E-state index >= 15 is 0 Å². The van der Waals surface area contributed by atoms with Crippen LogP contribution in [-0.4, -0.2) is 36.2 Å². The number of anilines is 1. The van der Waals surface area contributed by atoms with Crippen LogP contribution >= 0.6 is 0 Å². The first-order chi connectivity index (χ1) is 7.78. The third-order valence-corrected chi connectivity index (χ3v) is 2.72. The lowest BCUT2D eigenvalue weighted by Crippen LogP contribution is -2.29. The van der Waals surface area contributed by atoms with Gasteiger partial charge in [-0.1, -0.05) is 0 Å². The SMILES string of the molecule is COc1cc(NCC2CCCN2)nc(C)n1. The van der Waals surface area contributed by atoms with Crippen molar-refractivity contribution in [2.75, 3.05) is 25.5 Å². The van der Waals surface area contributed by atoms with Gasteiger partial charge in [0.1, 0.15) is 11.6 Å². The first kappa shape index (κ1) is 11.1. The quantitative estimate of drug-likeness (QED) is 0.794. The molecule has 0 spiro atoms. The lowest BCUT2D eigenvalue weighted by molar-refractivity contribution is 0.396. The maximum absolute atomic E-state index is 5.10. The summed E-state index contributed by atoms with van der Waals surface area (Å²) in [6, 6.07) is 2.38. The fourth-order valence-electron chi connectivity index (χ4n) is 1.89. The minimum atomic E-state index is 0.557. The Hall–Kier alpha value is -1.36. The summed E-state index contributed by atoms with van der Waals surface area (Å²) in [6.45, 7) is 3.89. The van der Waals surface area contributed by atoms with E-state index in [1.54, 1.807) is 7.11 Å². The smallest absolute Gasteiger partial charge is 0.218 e. The minimum absolute atomic E-state index is 0.557. The van der Waals surface area contributed by atoms with Crippen LogP contribution in [0.25, 0.3) is 0 Å². The number of hydrogen-bond acceptors (Lipinski definition) is 5. The Morgan fingerprint density at radius 3 is 3.12 bits per heavy atom. The number of aromatic nitrogens is 2. The zero-order valence-corrected chi connectivity index (χ0v) is 9.79. The normalized spacial score (nSPS) is 19.8. The molecule has 1 atom stereocenters. The lowest BCUT2D eigenvalue weighted by Gasteiger charge is -2.12. The number of aryl methyl sites for hydroxylation is 1. The third-order valence-electron chi connectivity index (χ3n) is 2.72. The second kappa shape index (κ2) is 5.12. The molecule has 0 saturated carbocycles. The van der Waals surface area contributed by atoms with Gasteiger partial charge in [0, 0.05) is 18.7 Å². The van der Waals surface area contributed by atoms with Crippen molar-refractivity contribution < 1.29 is 4.74 Å². The molecular formula is C11H18N4O. The third kappa shape index (κ3) is 2.82. The summed E-state index contributed by atoms with van der Waals surface area (Å²) in [4.78, 5) is 8.46. The van der Waals surface area contributed by atoms with Crippen molar-refractivity contribution >= 4 is 5.82 Å². The standard InChI is InChI=1S/C11H18N4O/c1-8-14-10(6-11(15-8)16-2)13-7-9-4-3-5-12-9/h6,9,12H,3-5,7H2,1-2H3,(H,13,14,15). The average molecular weight is 222 g/mol. The molecule has 16 heavy (non-hydrogen) atoms. The molecule has 0 aromatic carbocycles. The summed E-state index contributed by atoms with van der Waals surface area (Å²) in [5, 5.41) is 6.74. The highest BCUT2D eigenvalue weighted by molar-refractivity contribution is 5.38. The second-order valence-corrected chi connectivity index (χ2v) is 4.02. The van der Waals surface area contributed by atoms with Gasteiger partial charge in [0.2, 0.25) is 5.88 Å². The Bertz CT molecular complexity index is 350. The van der Waals surface area contributed by atoms with E-state index in [1.807, 2.05) is 13.0 Å². The zero-order valence-electron chi connectivity index (χ0n) is 9.79. The van der Waals surface area contributed by atoms with Crippen molar-refractivity contribution in [1.82, 2.24) is 15.3 Å². The van der Waals surface area contributed by atoms with Gasteiger partial charge in [0.05, 0.1) is 7.11 Å². The first-order valence-corrected chi connectivity index (χ1v) is 5.65. The fourth-order valence-corrected chi connectivity index (χ4v) is 1.89. The predicted octanol–water partition coefficient (Wildman–Crippen LogP) is 0.958. The van der Waals surface area contributed by atoms with Crippen molar-refractivity contribution in [1.29, 1.82) is 0 Å². The maximum Gasteiger partial charge on any atom is 0.218 e. The van der Waals surface area contributed by atoms with Crippen molar-refractivity contribution in [2.24, 2.45) is 0 Å². The average Bonchev–Trinajstić information content (AvgIpc) is 2.78. The Labute approximate surface area is 95.6 Å². The van der Waals surface area contributed by atoms with Crippen molar-refractivity contribution in [3.8, 4) is 5.88 Å². The number of rotatable bonds is 4. The number of hydrogen-bond donors (Lipinski definition) is 2. The molecule has 5 nitrogen and oxygen atoms in total. The number of nitrogens with zero attached hydrogens (tertiary/aromatic N) is 2. The van der Waals surface area contributed by atoms with Crippen LogP contribution < -0.4 is 15.4 Å². The first-order valence-electron chi connectivity index (χ1n) is 5.65. The zero-order chi connectivity index (χ0) is 11.4.